The van der Waals surface area contributed by atoms with Crippen LogP contribution >= 0.6 is 0 Å². The Morgan fingerprint density at radius 2 is 1.89 bits per heavy atom. The molecule has 0 bridgehead atoms. The van der Waals surface area contributed by atoms with Gasteiger partial charge in [0.1, 0.15) is 0 Å². The second-order valence-electron chi connectivity index (χ2n) is 7.71. The zero-order valence-corrected chi connectivity index (χ0v) is 12.8. The summed E-state index contributed by atoms with van der Waals surface area (Å²) in [6, 6.07) is 1.54. The fourth-order valence-corrected chi connectivity index (χ4v) is 3.21. The van der Waals surface area contributed by atoms with Gasteiger partial charge < -0.3 is 5.32 Å². The molecule has 2 atom stereocenters. The van der Waals surface area contributed by atoms with Crippen LogP contribution in [0.2, 0.25) is 0 Å². The average Bonchev–Trinajstić information content (AvgIpc) is 2.23. The third-order valence-corrected chi connectivity index (χ3v) is 4.78. The summed E-state index contributed by atoms with van der Waals surface area (Å²) in [7, 11) is 0. The molecule has 2 aliphatic rings. The van der Waals surface area contributed by atoms with E-state index in [1.807, 2.05) is 0 Å². The fraction of sp³-hybridized carbons (Fsp3) is 1.00. The Morgan fingerprint density at radius 1 is 1.17 bits per heavy atom. The predicted octanol–water partition coefficient (Wildman–Crippen LogP) is 3.28. The molecule has 2 heteroatoms. The van der Waals surface area contributed by atoms with E-state index in [1.54, 1.807) is 0 Å². The Hall–Kier alpha value is -0.0800. The molecule has 2 nitrogen and oxygen atoms in total. The molecule has 0 radical (unpaired) electrons. The molecule has 1 saturated heterocycles. The number of hydrogen-bond donors (Lipinski definition) is 1. The molecule has 1 N–H and O–H groups in total. The summed E-state index contributed by atoms with van der Waals surface area (Å²) in [6.07, 6.45) is 7.15. The third kappa shape index (κ3) is 3.96. The molecule has 2 fully saturated rings. The van der Waals surface area contributed by atoms with Crippen molar-refractivity contribution in [3.8, 4) is 0 Å². The molecular formula is C16H32N2. The second kappa shape index (κ2) is 5.92. The molecule has 1 aliphatic heterocycles. The van der Waals surface area contributed by atoms with Crippen LogP contribution in [0.5, 0.6) is 0 Å². The van der Waals surface area contributed by atoms with Crippen LogP contribution in [0.4, 0.5) is 0 Å². The van der Waals surface area contributed by atoms with Gasteiger partial charge in [0.2, 0.25) is 0 Å². The Morgan fingerprint density at radius 3 is 2.44 bits per heavy atom. The molecule has 0 aromatic carbocycles. The molecule has 106 valence electrons. The molecule has 18 heavy (non-hydrogen) atoms. The first-order valence-electron chi connectivity index (χ1n) is 7.93. The molecule has 0 spiro atoms. The van der Waals surface area contributed by atoms with Crippen molar-refractivity contribution in [3.63, 3.8) is 0 Å². The van der Waals surface area contributed by atoms with Gasteiger partial charge in [0.25, 0.3) is 0 Å². The van der Waals surface area contributed by atoms with E-state index in [0.717, 1.165) is 24.5 Å². The minimum absolute atomic E-state index is 0.405. The summed E-state index contributed by atoms with van der Waals surface area (Å²) < 4.78 is 0. The number of likely N-dealkylation sites (tertiary alicyclic amines) is 1. The molecule has 1 heterocycles. The number of nitrogens with zero attached hydrogens (tertiary/aromatic N) is 1. The first kappa shape index (κ1) is 14.3. The highest BCUT2D eigenvalue weighted by Gasteiger charge is 2.31. The van der Waals surface area contributed by atoms with Gasteiger partial charge in [-0.05, 0) is 50.5 Å². The number of nitrogens with one attached hydrogen (secondary N) is 1. The quantitative estimate of drug-likeness (QED) is 0.826. The highest BCUT2D eigenvalue weighted by atomic mass is 15.2. The van der Waals surface area contributed by atoms with Crippen molar-refractivity contribution in [2.24, 2.45) is 11.3 Å². The zero-order chi connectivity index (χ0) is 13.2. The van der Waals surface area contributed by atoms with Gasteiger partial charge in [-0.15, -0.1) is 0 Å². The molecule has 0 aromatic heterocycles. The van der Waals surface area contributed by atoms with Crippen LogP contribution in [0.3, 0.4) is 0 Å². The van der Waals surface area contributed by atoms with Crippen LogP contribution in [0.25, 0.3) is 0 Å². The maximum atomic E-state index is 3.78. The van der Waals surface area contributed by atoms with E-state index in [0.29, 0.717) is 5.41 Å². The summed E-state index contributed by atoms with van der Waals surface area (Å²) >= 11 is 0. The van der Waals surface area contributed by atoms with E-state index < -0.39 is 0 Å². The van der Waals surface area contributed by atoms with Gasteiger partial charge in [0, 0.05) is 25.2 Å². The Balaban J connectivity index is 1.77. The normalized spacial score (nSPS) is 29.0. The Bertz CT molecular complexity index is 252. The van der Waals surface area contributed by atoms with Gasteiger partial charge in [-0.2, -0.15) is 0 Å². The summed E-state index contributed by atoms with van der Waals surface area (Å²) in [5.74, 6) is 0.992. The van der Waals surface area contributed by atoms with Gasteiger partial charge in [0.05, 0.1) is 0 Å². The third-order valence-electron chi connectivity index (χ3n) is 4.78. The molecule has 0 amide bonds. The molecule has 2 rings (SSSR count). The van der Waals surface area contributed by atoms with Crippen molar-refractivity contribution in [1.82, 2.24) is 10.2 Å². The highest BCUT2D eigenvalue weighted by Crippen LogP contribution is 2.33. The van der Waals surface area contributed by atoms with Crippen molar-refractivity contribution < 1.29 is 0 Å². The van der Waals surface area contributed by atoms with Crippen LogP contribution in [0.1, 0.15) is 59.8 Å². The first-order chi connectivity index (χ1) is 8.46. The van der Waals surface area contributed by atoms with E-state index in [2.05, 4.69) is 37.9 Å². The van der Waals surface area contributed by atoms with E-state index in [4.69, 9.17) is 0 Å². The van der Waals surface area contributed by atoms with Crippen LogP contribution in [-0.4, -0.2) is 36.6 Å². The topological polar surface area (TPSA) is 15.3 Å². The van der Waals surface area contributed by atoms with Gasteiger partial charge in [-0.1, -0.05) is 27.2 Å². The molecule has 1 aliphatic carbocycles. The van der Waals surface area contributed by atoms with Gasteiger partial charge in [-0.25, -0.2) is 0 Å². The summed E-state index contributed by atoms with van der Waals surface area (Å²) in [5, 5.41) is 3.78. The van der Waals surface area contributed by atoms with Crippen LogP contribution in [0, 0.1) is 11.3 Å². The number of rotatable bonds is 4. The molecule has 0 aromatic rings. The van der Waals surface area contributed by atoms with Crippen LogP contribution in [-0.2, 0) is 0 Å². The van der Waals surface area contributed by atoms with E-state index in [1.165, 1.54) is 45.2 Å². The van der Waals surface area contributed by atoms with Gasteiger partial charge in [-0.3, -0.25) is 4.90 Å². The lowest BCUT2D eigenvalue weighted by molar-refractivity contribution is 0.0744. The minimum atomic E-state index is 0.405. The number of piperidine rings is 1. The SMILES string of the molecule is CC(C1CCC1)N1CCCC(NCC(C)(C)C)C1. The van der Waals surface area contributed by atoms with E-state index >= 15 is 0 Å². The summed E-state index contributed by atoms with van der Waals surface area (Å²) in [4.78, 5) is 2.74. The lowest BCUT2D eigenvalue weighted by atomic mass is 9.79. The van der Waals surface area contributed by atoms with Gasteiger partial charge >= 0.3 is 0 Å². The van der Waals surface area contributed by atoms with E-state index in [-0.39, 0.29) is 0 Å². The fourth-order valence-electron chi connectivity index (χ4n) is 3.21. The molecular weight excluding hydrogens is 220 g/mol. The number of hydrogen-bond acceptors (Lipinski definition) is 2. The maximum absolute atomic E-state index is 3.78. The lowest BCUT2D eigenvalue weighted by Gasteiger charge is -2.43. The summed E-state index contributed by atoms with van der Waals surface area (Å²) in [6.45, 7) is 13.1. The monoisotopic (exact) mass is 252 g/mol. The lowest BCUT2D eigenvalue weighted by Crippen LogP contribution is -2.52. The van der Waals surface area contributed by atoms with Crippen LogP contribution in [0.15, 0.2) is 0 Å². The Kier molecular flexibility index (Phi) is 4.71. The second-order valence-corrected chi connectivity index (χ2v) is 7.71. The van der Waals surface area contributed by atoms with Crippen LogP contribution < -0.4 is 5.32 Å². The molecule has 2 unspecified atom stereocenters. The standard InChI is InChI=1S/C16H32N2/c1-13(14-7-5-8-14)18-10-6-9-15(11-18)17-12-16(2,3)4/h13-15,17H,5-12H2,1-4H3. The van der Waals surface area contributed by atoms with Crippen molar-refractivity contribution in [3.05, 3.63) is 0 Å². The smallest absolute Gasteiger partial charge is 0.0195 e. The Labute approximate surface area is 114 Å². The average molecular weight is 252 g/mol. The van der Waals surface area contributed by atoms with Crippen molar-refractivity contribution in [1.29, 1.82) is 0 Å². The zero-order valence-electron chi connectivity index (χ0n) is 12.8. The largest absolute Gasteiger partial charge is 0.312 e. The van der Waals surface area contributed by atoms with Crippen molar-refractivity contribution >= 4 is 0 Å². The summed E-state index contributed by atoms with van der Waals surface area (Å²) in [5.41, 5.74) is 0.405. The predicted molar refractivity (Wildman–Crippen MR) is 78.9 cm³/mol. The highest BCUT2D eigenvalue weighted by molar-refractivity contribution is 4.87. The minimum Gasteiger partial charge on any atom is -0.312 e. The molecule has 1 saturated carbocycles. The van der Waals surface area contributed by atoms with Gasteiger partial charge in [0.15, 0.2) is 0 Å². The van der Waals surface area contributed by atoms with Crippen molar-refractivity contribution in [2.75, 3.05) is 19.6 Å². The first-order valence-corrected chi connectivity index (χ1v) is 7.93. The van der Waals surface area contributed by atoms with Crippen molar-refractivity contribution in [2.45, 2.75) is 71.9 Å². The van der Waals surface area contributed by atoms with E-state index in [9.17, 15) is 0 Å². The maximum Gasteiger partial charge on any atom is 0.0195 e.